The molecular formula is C28H33NO3. The lowest BCUT2D eigenvalue weighted by atomic mass is 9.87. The molecule has 0 aromatic heterocycles. The molecule has 0 saturated heterocycles. The highest BCUT2D eigenvalue weighted by molar-refractivity contribution is 5.53. The minimum atomic E-state index is -0.545. The standard InChI is InChI=1S/C28H33NO3/c1-5-29-23-15-16-25-24(17-23)26(30-18-21-12-7-6-8-13-21)27(28(3,4)32-25)31-19-22-14-10-9-11-20(22)2/h6-17,26-27,29H,5,18-19H2,1-4H3. The fraction of sp³-hybridized carbons (Fsp3) is 0.357. The molecule has 0 spiro atoms. The maximum Gasteiger partial charge on any atom is 0.132 e. The van der Waals surface area contributed by atoms with Crippen molar-refractivity contribution >= 4 is 5.69 Å². The van der Waals surface area contributed by atoms with Gasteiger partial charge in [-0.3, -0.25) is 0 Å². The zero-order valence-electron chi connectivity index (χ0n) is 19.4. The predicted molar refractivity (Wildman–Crippen MR) is 129 cm³/mol. The second-order valence-electron chi connectivity index (χ2n) is 8.86. The van der Waals surface area contributed by atoms with Crippen molar-refractivity contribution in [1.82, 2.24) is 0 Å². The Morgan fingerprint density at radius 1 is 0.906 bits per heavy atom. The molecule has 4 nitrogen and oxygen atoms in total. The van der Waals surface area contributed by atoms with Crippen molar-refractivity contribution in [1.29, 1.82) is 0 Å². The van der Waals surface area contributed by atoms with Crippen LogP contribution in [0.15, 0.2) is 72.8 Å². The number of hydrogen-bond donors (Lipinski definition) is 1. The highest BCUT2D eigenvalue weighted by atomic mass is 16.6. The molecule has 0 aliphatic carbocycles. The molecule has 1 aliphatic heterocycles. The molecule has 2 unspecified atom stereocenters. The lowest BCUT2D eigenvalue weighted by molar-refractivity contribution is -0.170. The molecule has 1 aliphatic rings. The Morgan fingerprint density at radius 2 is 1.66 bits per heavy atom. The Kier molecular flexibility index (Phi) is 6.83. The van der Waals surface area contributed by atoms with E-state index in [2.05, 4.69) is 81.5 Å². The largest absolute Gasteiger partial charge is 0.485 e. The molecule has 1 heterocycles. The number of rotatable bonds is 8. The van der Waals surface area contributed by atoms with Crippen LogP contribution in [0.2, 0.25) is 0 Å². The van der Waals surface area contributed by atoms with E-state index in [-0.39, 0.29) is 12.2 Å². The fourth-order valence-electron chi connectivity index (χ4n) is 4.22. The first-order valence-corrected chi connectivity index (χ1v) is 11.4. The zero-order chi connectivity index (χ0) is 22.6. The zero-order valence-corrected chi connectivity index (χ0v) is 19.4. The lowest BCUT2D eigenvalue weighted by Gasteiger charge is -2.44. The van der Waals surface area contributed by atoms with Gasteiger partial charge in [-0.25, -0.2) is 0 Å². The Balaban J connectivity index is 1.65. The SMILES string of the molecule is CCNc1ccc2c(c1)C(OCc1ccccc1)C(OCc1ccccc1C)C(C)(C)O2. The van der Waals surface area contributed by atoms with Crippen LogP contribution in [0.25, 0.3) is 0 Å². The predicted octanol–water partition coefficient (Wildman–Crippen LogP) is 6.44. The van der Waals surface area contributed by atoms with Crippen LogP contribution in [0.5, 0.6) is 5.75 Å². The molecule has 4 rings (SSSR count). The first-order chi connectivity index (χ1) is 15.5. The van der Waals surface area contributed by atoms with E-state index in [1.54, 1.807) is 0 Å². The van der Waals surface area contributed by atoms with Crippen LogP contribution in [-0.4, -0.2) is 18.2 Å². The molecule has 168 valence electrons. The van der Waals surface area contributed by atoms with E-state index in [0.717, 1.165) is 29.1 Å². The second-order valence-corrected chi connectivity index (χ2v) is 8.86. The Hall–Kier alpha value is -2.82. The van der Waals surface area contributed by atoms with Crippen molar-refractivity contribution in [3.63, 3.8) is 0 Å². The van der Waals surface area contributed by atoms with Gasteiger partial charge in [0.2, 0.25) is 0 Å². The summed E-state index contributed by atoms with van der Waals surface area (Å²) in [7, 11) is 0. The minimum Gasteiger partial charge on any atom is -0.485 e. The van der Waals surface area contributed by atoms with Crippen molar-refractivity contribution in [2.75, 3.05) is 11.9 Å². The first kappa shape index (κ1) is 22.4. The number of anilines is 1. The van der Waals surface area contributed by atoms with E-state index in [0.29, 0.717) is 13.2 Å². The van der Waals surface area contributed by atoms with Gasteiger partial charge in [0.25, 0.3) is 0 Å². The maximum absolute atomic E-state index is 6.56. The summed E-state index contributed by atoms with van der Waals surface area (Å²) in [5.74, 6) is 0.852. The van der Waals surface area contributed by atoms with Gasteiger partial charge in [0.05, 0.1) is 13.2 Å². The number of aryl methyl sites for hydroxylation is 1. The number of fused-ring (bicyclic) bond motifs is 1. The van der Waals surface area contributed by atoms with E-state index >= 15 is 0 Å². The van der Waals surface area contributed by atoms with E-state index < -0.39 is 5.60 Å². The van der Waals surface area contributed by atoms with Gasteiger partial charge in [-0.05, 0) is 62.6 Å². The van der Waals surface area contributed by atoms with Crippen LogP contribution in [0.4, 0.5) is 5.69 Å². The van der Waals surface area contributed by atoms with Gasteiger partial charge in [-0.2, -0.15) is 0 Å². The number of hydrogen-bond acceptors (Lipinski definition) is 4. The van der Waals surface area contributed by atoms with Gasteiger partial charge in [-0.15, -0.1) is 0 Å². The second kappa shape index (κ2) is 9.76. The van der Waals surface area contributed by atoms with Gasteiger partial charge >= 0.3 is 0 Å². The van der Waals surface area contributed by atoms with E-state index in [1.807, 2.05) is 24.3 Å². The summed E-state index contributed by atoms with van der Waals surface area (Å²) in [4.78, 5) is 0. The average molecular weight is 432 g/mol. The highest BCUT2D eigenvalue weighted by Gasteiger charge is 2.45. The molecular weight excluding hydrogens is 398 g/mol. The summed E-state index contributed by atoms with van der Waals surface area (Å²) in [5.41, 5.74) is 5.07. The molecule has 0 amide bonds. The van der Waals surface area contributed by atoms with Crippen LogP contribution in [0.1, 0.15) is 49.1 Å². The van der Waals surface area contributed by atoms with Gasteiger partial charge in [-0.1, -0.05) is 54.6 Å². The minimum absolute atomic E-state index is 0.253. The third kappa shape index (κ3) is 4.98. The van der Waals surface area contributed by atoms with Gasteiger partial charge < -0.3 is 19.5 Å². The maximum atomic E-state index is 6.56. The Bertz CT molecular complexity index is 1030. The van der Waals surface area contributed by atoms with Crippen molar-refractivity contribution in [3.8, 4) is 5.75 Å². The highest BCUT2D eigenvalue weighted by Crippen LogP contribution is 2.45. The van der Waals surface area contributed by atoms with E-state index in [1.165, 1.54) is 11.1 Å². The first-order valence-electron chi connectivity index (χ1n) is 11.4. The average Bonchev–Trinajstić information content (AvgIpc) is 2.78. The van der Waals surface area contributed by atoms with E-state index in [9.17, 15) is 0 Å². The molecule has 0 bridgehead atoms. The molecule has 32 heavy (non-hydrogen) atoms. The summed E-state index contributed by atoms with van der Waals surface area (Å²) in [6.45, 7) is 10.2. The summed E-state index contributed by atoms with van der Waals surface area (Å²) in [6.07, 6.45) is -0.522. The number of nitrogens with one attached hydrogen (secondary N) is 1. The Labute approximate surface area is 191 Å². The molecule has 3 aromatic rings. The summed E-state index contributed by atoms with van der Waals surface area (Å²) in [5, 5.41) is 3.40. The third-order valence-electron chi connectivity index (χ3n) is 5.98. The summed E-state index contributed by atoms with van der Waals surface area (Å²) >= 11 is 0. The molecule has 4 heteroatoms. The monoisotopic (exact) mass is 431 g/mol. The van der Waals surface area contributed by atoms with Crippen molar-refractivity contribution in [3.05, 3.63) is 95.1 Å². The molecule has 1 N–H and O–H groups in total. The van der Waals surface area contributed by atoms with E-state index in [4.69, 9.17) is 14.2 Å². The smallest absolute Gasteiger partial charge is 0.132 e. The van der Waals surface area contributed by atoms with Crippen LogP contribution in [0.3, 0.4) is 0 Å². The van der Waals surface area contributed by atoms with Gasteiger partial charge in [0.15, 0.2) is 0 Å². The van der Waals surface area contributed by atoms with Crippen LogP contribution in [-0.2, 0) is 22.7 Å². The van der Waals surface area contributed by atoms with Crippen LogP contribution < -0.4 is 10.1 Å². The fourth-order valence-corrected chi connectivity index (χ4v) is 4.22. The molecule has 2 atom stereocenters. The normalized spacial score (nSPS) is 19.1. The number of benzene rings is 3. The third-order valence-corrected chi connectivity index (χ3v) is 5.98. The van der Waals surface area contributed by atoms with Gasteiger partial charge in [0, 0.05) is 17.8 Å². The molecule has 0 saturated carbocycles. The van der Waals surface area contributed by atoms with Crippen molar-refractivity contribution < 1.29 is 14.2 Å². The lowest BCUT2D eigenvalue weighted by Crippen LogP contribution is -2.51. The van der Waals surface area contributed by atoms with Crippen LogP contribution in [0, 0.1) is 6.92 Å². The summed E-state index contributed by atoms with van der Waals surface area (Å²) in [6, 6.07) is 24.8. The molecule has 3 aromatic carbocycles. The molecule has 0 radical (unpaired) electrons. The quantitative estimate of drug-likeness (QED) is 0.445. The summed E-state index contributed by atoms with van der Waals surface area (Å²) < 4.78 is 19.5. The van der Waals surface area contributed by atoms with Crippen LogP contribution >= 0.6 is 0 Å². The molecule has 0 fully saturated rings. The topological polar surface area (TPSA) is 39.7 Å². The van der Waals surface area contributed by atoms with Gasteiger partial charge in [0.1, 0.15) is 23.6 Å². The van der Waals surface area contributed by atoms with Crippen molar-refractivity contribution in [2.24, 2.45) is 0 Å². The van der Waals surface area contributed by atoms with Crippen molar-refractivity contribution in [2.45, 2.75) is 58.7 Å². The Morgan fingerprint density at radius 3 is 2.41 bits per heavy atom. The number of ether oxygens (including phenoxy) is 3.